The summed E-state index contributed by atoms with van der Waals surface area (Å²) < 4.78 is 0. The molecule has 5 nitrogen and oxygen atoms in total. The lowest BCUT2D eigenvalue weighted by Gasteiger charge is -2.30. The summed E-state index contributed by atoms with van der Waals surface area (Å²) in [5.41, 5.74) is 5.03. The number of hydrogen-bond acceptors (Lipinski definition) is 3. The number of phenolic OH excluding ortho intramolecular Hbond substituents is 1. The first-order valence-corrected chi connectivity index (χ1v) is 8.71. The number of allylic oxidation sites excluding steroid dienone is 1. The third-order valence-corrected chi connectivity index (χ3v) is 4.44. The highest BCUT2D eigenvalue weighted by molar-refractivity contribution is 7.80. The standard InChI is InChI=1S/C20H21N3O2S/c1-11-8-12(2)10-15(9-11)22-19(25)17-13(3)21-20(26)23-18(17)14-4-6-16(24)7-5-14/h4-10,18,24H,1-3H3,(H,22,25)(H2,21,23,26). The summed E-state index contributed by atoms with van der Waals surface area (Å²) >= 11 is 5.25. The Labute approximate surface area is 158 Å². The number of thiocarbonyl (C=S) groups is 1. The van der Waals surface area contributed by atoms with Gasteiger partial charge in [-0.05, 0) is 73.9 Å². The Bertz CT molecular complexity index is 884. The monoisotopic (exact) mass is 367 g/mol. The van der Waals surface area contributed by atoms with E-state index in [-0.39, 0.29) is 11.7 Å². The van der Waals surface area contributed by atoms with Gasteiger partial charge in [0.25, 0.3) is 5.91 Å². The van der Waals surface area contributed by atoms with Gasteiger partial charge in [0.2, 0.25) is 0 Å². The van der Waals surface area contributed by atoms with Gasteiger partial charge >= 0.3 is 0 Å². The van der Waals surface area contributed by atoms with Crippen LogP contribution >= 0.6 is 12.2 Å². The van der Waals surface area contributed by atoms with Crippen molar-refractivity contribution in [2.75, 3.05) is 5.32 Å². The molecule has 0 radical (unpaired) electrons. The van der Waals surface area contributed by atoms with Crippen molar-refractivity contribution in [2.24, 2.45) is 0 Å². The van der Waals surface area contributed by atoms with Gasteiger partial charge in [-0.2, -0.15) is 0 Å². The van der Waals surface area contributed by atoms with Crippen LogP contribution in [0.4, 0.5) is 5.69 Å². The molecular weight excluding hydrogens is 346 g/mol. The van der Waals surface area contributed by atoms with E-state index in [4.69, 9.17) is 12.2 Å². The van der Waals surface area contributed by atoms with Crippen molar-refractivity contribution in [1.82, 2.24) is 10.6 Å². The zero-order valence-corrected chi connectivity index (χ0v) is 15.7. The Morgan fingerprint density at radius 1 is 1.08 bits per heavy atom. The van der Waals surface area contributed by atoms with Crippen molar-refractivity contribution < 1.29 is 9.90 Å². The molecule has 0 bridgehead atoms. The van der Waals surface area contributed by atoms with Crippen molar-refractivity contribution in [3.63, 3.8) is 0 Å². The summed E-state index contributed by atoms with van der Waals surface area (Å²) in [7, 11) is 0. The van der Waals surface area contributed by atoms with Crippen molar-refractivity contribution in [1.29, 1.82) is 0 Å². The number of aromatic hydroxyl groups is 1. The summed E-state index contributed by atoms with van der Waals surface area (Å²) in [5.74, 6) is -0.0275. The van der Waals surface area contributed by atoms with E-state index in [0.717, 1.165) is 22.4 Å². The lowest BCUT2D eigenvalue weighted by Crippen LogP contribution is -2.45. The lowest BCUT2D eigenvalue weighted by atomic mass is 9.94. The van der Waals surface area contributed by atoms with Crippen LogP contribution in [-0.4, -0.2) is 16.1 Å². The second-order valence-corrected chi connectivity index (χ2v) is 6.90. The SMILES string of the molecule is CC1=C(C(=O)Nc2cc(C)cc(C)c2)C(c2ccc(O)cc2)NC(=S)N1. The van der Waals surface area contributed by atoms with Crippen LogP contribution in [0.1, 0.15) is 29.7 Å². The summed E-state index contributed by atoms with van der Waals surface area (Å²) in [6.45, 7) is 5.82. The molecule has 0 saturated heterocycles. The van der Waals surface area contributed by atoms with Crippen LogP contribution < -0.4 is 16.0 Å². The summed E-state index contributed by atoms with van der Waals surface area (Å²) in [6.07, 6.45) is 0. The Morgan fingerprint density at radius 3 is 2.31 bits per heavy atom. The smallest absolute Gasteiger partial charge is 0.255 e. The molecule has 0 aromatic heterocycles. The number of amides is 1. The van der Waals surface area contributed by atoms with Gasteiger partial charge in [-0.25, -0.2) is 0 Å². The average Bonchev–Trinajstić information content (AvgIpc) is 2.53. The number of aryl methyl sites for hydroxylation is 2. The average molecular weight is 367 g/mol. The first-order chi connectivity index (χ1) is 12.3. The van der Waals surface area contributed by atoms with E-state index in [1.54, 1.807) is 24.3 Å². The van der Waals surface area contributed by atoms with Gasteiger partial charge in [0.15, 0.2) is 5.11 Å². The number of carbonyl (C=O) groups excluding carboxylic acids is 1. The minimum Gasteiger partial charge on any atom is -0.508 e. The molecule has 0 saturated carbocycles. The van der Waals surface area contributed by atoms with Crippen LogP contribution in [0.25, 0.3) is 0 Å². The quantitative estimate of drug-likeness (QED) is 0.626. The number of anilines is 1. The number of carbonyl (C=O) groups is 1. The maximum atomic E-state index is 13.0. The minimum atomic E-state index is -0.393. The van der Waals surface area contributed by atoms with Gasteiger partial charge in [0, 0.05) is 11.4 Å². The largest absolute Gasteiger partial charge is 0.508 e. The molecule has 1 aliphatic heterocycles. The van der Waals surface area contributed by atoms with Gasteiger partial charge < -0.3 is 21.1 Å². The van der Waals surface area contributed by atoms with E-state index in [1.165, 1.54) is 0 Å². The van der Waals surface area contributed by atoms with Gasteiger partial charge in [0.1, 0.15) is 5.75 Å². The highest BCUT2D eigenvalue weighted by Crippen LogP contribution is 2.29. The lowest BCUT2D eigenvalue weighted by molar-refractivity contribution is -0.113. The number of phenols is 1. The molecule has 6 heteroatoms. The van der Waals surface area contributed by atoms with Crippen molar-refractivity contribution in [2.45, 2.75) is 26.8 Å². The molecule has 1 heterocycles. The zero-order valence-electron chi connectivity index (χ0n) is 14.9. The topological polar surface area (TPSA) is 73.4 Å². The van der Waals surface area contributed by atoms with E-state index in [2.05, 4.69) is 22.0 Å². The van der Waals surface area contributed by atoms with Gasteiger partial charge in [-0.15, -0.1) is 0 Å². The van der Waals surface area contributed by atoms with Crippen molar-refractivity contribution >= 4 is 28.9 Å². The predicted octanol–water partition coefficient (Wildman–Crippen LogP) is 3.44. The minimum absolute atomic E-state index is 0.173. The van der Waals surface area contributed by atoms with Crippen LogP contribution in [0.2, 0.25) is 0 Å². The number of benzene rings is 2. The second kappa shape index (κ2) is 7.17. The van der Waals surface area contributed by atoms with Gasteiger partial charge in [0.05, 0.1) is 11.6 Å². The zero-order chi connectivity index (χ0) is 18.8. The van der Waals surface area contributed by atoms with Gasteiger partial charge in [-0.1, -0.05) is 18.2 Å². The Balaban J connectivity index is 1.95. The third kappa shape index (κ3) is 3.86. The molecule has 0 spiro atoms. The number of rotatable bonds is 3. The Kier molecular flexibility index (Phi) is 4.95. The normalized spacial score (nSPS) is 16.7. The van der Waals surface area contributed by atoms with E-state index in [1.807, 2.05) is 32.9 Å². The summed E-state index contributed by atoms with van der Waals surface area (Å²) in [6, 6.07) is 12.3. The van der Waals surface area contributed by atoms with E-state index < -0.39 is 6.04 Å². The molecule has 1 atom stereocenters. The fourth-order valence-corrected chi connectivity index (χ4v) is 3.43. The van der Waals surface area contributed by atoms with Crippen molar-refractivity contribution in [3.05, 3.63) is 70.4 Å². The highest BCUT2D eigenvalue weighted by atomic mass is 32.1. The number of hydrogen-bond donors (Lipinski definition) is 4. The maximum Gasteiger partial charge on any atom is 0.255 e. The molecule has 0 aliphatic carbocycles. The molecule has 134 valence electrons. The van der Waals surface area contributed by atoms with Gasteiger partial charge in [-0.3, -0.25) is 4.79 Å². The highest BCUT2D eigenvalue weighted by Gasteiger charge is 2.29. The molecule has 0 fully saturated rings. The molecule has 1 amide bonds. The molecule has 2 aromatic rings. The molecule has 3 rings (SSSR count). The summed E-state index contributed by atoms with van der Waals surface area (Å²) in [5, 5.41) is 19.1. The molecule has 1 unspecified atom stereocenters. The van der Waals surface area contributed by atoms with Crippen LogP contribution in [0.3, 0.4) is 0 Å². The van der Waals surface area contributed by atoms with Crippen LogP contribution in [0.5, 0.6) is 5.75 Å². The molecule has 26 heavy (non-hydrogen) atoms. The van der Waals surface area contributed by atoms with Crippen LogP contribution in [0, 0.1) is 13.8 Å². The Morgan fingerprint density at radius 2 is 1.69 bits per heavy atom. The van der Waals surface area contributed by atoms with Crippen LogP contribution in [-0.2, 0) is 4.79 Å². The second-order valence-electron chi connectivity index (χ2n) is 6.49. The molecule has 1 aliphatic rings. The Hall–Kier alpha value is -2.86. The summed E-state index contributed by atoms with van der Waals surface area (Å²) in [4.78, 5) is 13.0. The fraction of sp³-hybridized carbons (Fsp3) is 0.200. The third-order valence-electron chi connectivity index (χ3n) is 4.22. The maximum absolute atomic E-state index is 13.0. The van der Waals surface area contributed by atoms with E-state index in [9.17, 15) is 9.90 Å². The number of nitrogens with one attached hydrogen (secondary N) is 3. The first-order valence-electron chi connectivity index (χ1n) is 8.30. The van der Waals surface area contributed by atoms with E-state index >= 15 is 0 Å². The molecular formula is C20H21N3O2S. The molecule has 2 aromatic carbocycles. The predicted molar refractivity (Wildman–Crippen MR) is 107 cm³/mol. The van der Waals surface area contributed by atoms with Crippen LogP contribution in [0.15, 0.2) is 53.7 Å². The van der Waals surface area contributed by atoms with Crippen molar-refractivity contribution in [3.8, 4) is 5.75 Å². The first kappa shape index (κ1) is 17.9. The fourth-order valence-electron chi connectivity index (χ4n) is 3.16. The molecule has 4 N–H and O–H groups in total. The van der Waals surface area contributed by atoms with E-state index in [0.29, 0.717) is 16.4 Å².